The maximum atomic E-state index is 2.48. The fourth-order valence-electron chi connectivity index (χ4n) is 6.03. The topological polar surface area (TPSA) is 0 Å². The summed E-state index contributed by atoms with van der Waals surface area (Å²) in [7, 11) is -0.347. The summed E-state index contributed by atoms with van der Waals surface area (Å²) in [5, 5.41) is 1.59. The van der Waals surface area contributed by atoms with Crippen molar-refractivity contribution in [3.63, 3.8) is 0 Å². The van der Waals surface area contributed by atoms with Gasteiger partial charge in [0.2, 0.25) is 0 Å². The Morgan fingerprint density at radius 1 is 0.733 bits per heavy atom. The molecular weight excluding hydrogens is 379 g/mol. The highest BCUT2D eigenvalue weighted by Gasteiger charge is 2.43. The van der Waals surface area contributed by atoms with Crippen LogP contribution in [0.2, 0.25) is 0 Å². The molecule has 1 unspecified atom stereocenters. The highest BCUT2D eigenvalue weighted by Crippen LogP contribution is 2.66. The van der Waals surface area contributed by atoms with Gasteiger partial charge in [-0.05, 0) is 63.8 Å². The van der Waals surface area contributed by atoms with Crippen LogP contribution in [0.4, 0.5) is 0 Å². The minimum atomic E-state index is -0.347. The maximum absolute atomic E-state index is 2.48. The van der Waals surface area contributed by atoms with Crippen LogP contribution in [0.15, 0.2) is 78.9 Å². The van der Waals surface area contributed by atoms with E-state index in [1.807, 2.05) is 0 Å². The molecule has 1 fully saturated rings. The van der Waals surface area contributed by atoms with E-state index in [-0.39, 0.29) is 7.92 Å². The first-order valence-corrected chi connectivity index (χ1v) is 13.1. The predicted octanol–water partition coefficient (Wildman–Crippen LogP) is 8.02. The third kappa shape index (κ3) is 3.44. The van der Waals surface area contributed by atoms with Gasteiger partial charge in [0, 0.05) is 5.66 Å². The molecule has 0 aromatic heterocycles. The molecule has 5 rings (SSSR count). The molecule has 1 heteroatoms. The molecule has 0 aliphatic heterocycles. The van der Waals surface area contributed by atoms with Gasteiger partial charge < -0.3 is 0 Å². The van der Waals surface area contributed by atoms with Crippen LogP contribution in [0, 0.1) is 17.8 Å². The van der Waals surface area contributed by atoms with E-state index in [0.29, 0.717) is 5.66 Å². The molecule has 3 aromatic rings. The highest BCUT2D eigenvalue weighted by molar-refractivity contribution is 7.67. The van der Waals surface area contributed by atoms with Crippen molar-refractivity contribution in [1.82, 2.24) is 0 Å². The van der Waals surface area contributed by atoms with Gasteiger partial charge in [0.15, 0.2) is 0 Å². The van der Waals surface area contributed by atoms with Crippen LogP contribution >= 0.6 is 7.92 Å². The number of fused-ring (bicyclic) bond motifs is 3. The van der Waals surface area contributed by atoms with Gasteiger partial charge in [-0.1, -0.05) is 114 Å². The lowest BCUT2D eigenvalue weighted by atomic mass is 9.77. The van der Waals surface area contributed by atoms with Crippen molar-refractivity contribution in [3.05, 3.63) is 90.0 Å². The Bertz CT molecular complexity index is 960. The molecule has 154 valence electrons. The summed E-state index contributed by atoms with van der Waals surface area (Å²) in [6.45, 7) is 7.41. The van der Waals surface area contributed by atoms with Gasteiger partial charge in [0.1, 0.15) is 0 Å². The van der Waals surface area contributed by atoms with E-state index in [0.717, 1.165) is 23.4 Å². The Labute approximate surface area is 183 Å². The van der Waals surface area contributed by atoms with E-state index in [2.05, 4.69) is 99.6 Å². The molecule has 0 spiro atoms. The van der Waals surface area contributed by atoms with E-state index in [4.69, 9.17) is 0 Å². The van der Waals surface area contributed by atoms with Crippen LogP contribution < -0.4 is 5.30 Å². The third-order valence-corrected chi connectivity index (χ3v) is 10.8. The third-order valence-electron chi connectivity index (χ3n) is 7.48. The molecule has 0 bridgehead atoms. The lowest BCUT2D eigenvalue weighted by Crippen LogP contribution is -2.34. The van der Waals surface area contributed by atoms with Crippen LogP contribution in [-0.2, 0) is 0 Å². The monoisotopic (exact) mass is 412 g/mol. The summed E-state index contributed by atoms with van der Waals surface area (Å²) in [5.41, 5.74) is 7.36. The number of hydrogen-bond acceptors (Lipinski definition) is 0. The summed E-state index contributed by atoms with van der Waals surface area (Å²) in [6.07, 6.45) is 4.17. The van der Waals surface area contributed by atoms with E-state index >= 15 is 0 Å². The molecule has 2 aliphatic rings. The second-order valence-electron chi connectivity index (χ2n) is 9.71. The molecule has 1 saturated carbocycles. The van der Waals surface area contributed by atoms with Gasteiger partial charge in [-0.15, -0.1) is 0 Å². The summed E-state index contributed by atoms with van der Waals surface area (Å²) in [5.74, 6) is 2.42. The van der Waals surface area contributed by atoms with E-state index in [1.54, 1.807) is 16.4 Å². The minimum absolute atomic E-state index is 0.347. The second-order valence-corrected chi connectivity index (χ2v) is 12.2. The molecule has 0 heterocycles. The SMILES string of the molecule is CC(C)[C@@H]1CC[C@@H](C)C[C@H]1P(c1ccccc1)C1c2ccccc2-c2ccccc21. The second kappa shape index (κ2) is 8.32. The average Bonchev–Trinajstić information content (AvgIpc) is 3.09. The zero-order valence-corrected chi connectivity index (χ0v) is 19.4. The smallest absolute Gasteiger partial charge is 0.0347 e. The lowest BCUT2D eigenvalue weighted by molar-refractivity contribution is 0.241. The summed E-state index contributed by atoms with van der Waals surface area (Å²) in [6, 6.07) is 30.0. The first-order chi connectivity index (χ1) is 14.6. The molecule has 0 radical (unpaired) electrons. The van der Waals surface area contributed by atoms with Crippen LogP contribution in [0.5, 0.6) is 0 Å². The van der Waals surface area contributed by atoms with Gasteiger partial charge in [0.25, 0.3) is 0 Å². The van der Waals surface area contributed by atoms with Crippen LogP contribution in [-0.4, -0.2) is 5.66 Å². The molecule has 30 heavy (non-hydrogen) atoms. The van der Waals surface area contributed by atoms with Crippen molar-refractivity contribution < 1.29 is 0 Å². The zero-order valence-electron chi connectivity index (χ0n) is 18.5. The van der Waals surface area contributed by atoms with Crippen LogP contribution in [0.25, 0.3) is 11.1 Å². The predicted molar refractivity (Wildman–Crippen MR) is 132 cm³/mol. The largest absolute Gasteiger partial charge is 0.0625 e. The Balaban J connectivity index is 1.70. The molecule has 0 nitrogen and oxygen atoms in total. The van der Waals surface area contributed by atoms with Crippen molar-refractivity contribution >= 4 is 13.2 Å². The summed E-state index contributed by atoms with van der Waals surface area (Å²) >= 11 is 0. The first kappa shape index (κ1) is 20.0. The quantitative estimate of drug-likeness (QED) is 0.381. The van der Waals surface area contributed by atoms with Gasteiger partial charge in [-0.3, -0.25) is 0 Å². The average molecular weight is 413 g/mol. The number of hydrogen-bond donors (Lipinski definition) is 0. The van der Waals surface area contributed by atoms with Crippen molar-refractivity contribution in [1.29, 1.82) is 0 Å². The minimum Gasteiger partial charge on any atom is -0.0625 e. The fraction of sp³-hybridized carbons (Fsp3) is 0.379. The zero-order chi connectivity index (χ0) is 20.7. The van der Waals surface area contributed by atoms with Crippen LogP contribution in [0.3, 0.4) is 0 Å². The van der Waals surface area contributed by atoms with Crippen molar-refractivity contribution in [2.24, 2.45) is 17.8 Å². The molecule has 0 N–H and O–H groups in total. The fourth-order valence-corrected chi connectivity index (χ4v) is 10.2. The number of rotatable bonds is 4. The Kier molecular flexibility index (Phi) is 5.55. The highest BCUT2D eigenvalue weighted by atomic mass is 31.1. The van der Waals surface area contributed by atoms with Gasteiger partial charge in [-0.25, -0.2) is 0 Å². The van der Waals surface area contributed by atoms with E-state index in [9.17, 15) is 0 Å². The van der Waals surface area contributed by atoms with E-state index < -0.39 is 0 Å². The van der Waals surface area contributed by atoms with Gasteiger partial charge in [-0.2, -0.15) is 0 Å². The first-order valence-electron chi connectivity index (χ1n) is 11.7. The summed E-state index contributed by atoms with van der Waals surface area (Å²) < 4.78 is 0. The van der Waals surface area contributed by atoms with E-state index in [1.165, 1.54) is 30.4 Å². The maximum Gasteiger partial charge on any atom is 0.0347 e. The van der Waals surface area contributed by atoms with Crippen molar-refractivity contribution in [2.45, 2.75) is 51.4 Å². The summed E-state index contributed by atoms with van der Waals surface area (Å²) in [4.78, 5) is 0. The van der Waals surface area contributed by atoms with Crippen LogP contribution in [0.1, 0.15) is 56.8 Å². The number of benzene rings is 3. The van der Waals surface area contributed by atoms with Crippen molar-refractivity contribution in [2.75, 3.05) is 0 Å². The molecule has 2 aliphatic carbocycles. The standard InChI is InChI=1S/C29H33P/c1-20(2)23-18-17-21(3)19-28(23)30(22-11-5-4-6-12-22)29-26-15-9-7-13-24(26)25-14-8-10-16-27(25)29/h4-16,20-21,23,28-29H,17-19H2,1-3H3/t21-,23+,28-,30?/m1/s1. The molecule has 3 aromatic carbocycles. The van der Waals surface area contributed by atoms with Crippen molar-refractivity contribution in [3.8, 4) is 11.1 Å². The lowest BCUT2D eigenvalue weighted by Gasteiger charge is -2.44. The molecule has 0 saturated heterocycles. The van der Waals surface area contributed by atoms with Gasteiger partial charge in [0.05, 0.1) is 0 Å². The Hall–Kier alpha value is -1.91. The molecular formula is C29H33P. The van der Waals surface area contributed by atoms with Gasteiger partial charge >= 0.3 is 0 Å². The normalized spacial score (nSPS) is 24.5. The molecule has 4 atom stereocenters. The Morgan fingerprint density at radius 3 is 1.90 bits per heavy atom. The molecule has 0 amide bonds. The Morgan fingerprint density at radius 2 is 1.30 bits per heavy atom.